The molecule has 0 bridgehead atoms. The van der Waals surface area contributed by atoms with Gasteiger partial charge in [-0.05, 0) is 37.9 Å². The van der Waals surface area contributed by atoms with Crippen LogP contribution < -0.4 is 0 Å². The fourth-order valence-corrected chi connectivity index (χ4v) is 4.13. The third kappa shape index (κ3) is 1.89. The number of aliphatic hydroxyl groups is 2. The first-order valence-corrected chi connectivity index (χ1v) is 8.37. The van der Waals surface area contributed by atoms with Crippen LogP contribution in [0.1, 0.15) is 18.1 Å². The van der Waals surface area contributed by atoms with Crippen LogP contribution in [0.5, 0.6) is 0 Å². The van der Waals surface area contributed by atoms with Crippen LogP contribution in [0.25, 0.3) is 32.3 Å². The quantitative estimate of drug-likeness (QED) is 0.553. The Morgan fingerprint density at radius 2 is 1.54 bits per heavy atom. The Morgan fingerprint density at radius 3 is 2.25 bits per heavy atom. The third-order valence-electron chi connectivity index (χ3n) is 5.31. The molecule has 4 aromatic rings. The predicted octanol–water partition coefficient (Wildman–Crippen LogP) is 3.77. The molecule has 3 unspecified atom stereocenters. The Labute approximate surface area is 139 Å². The molecule has 0 saturated carbocycles. The van der Waals surface area contributed by atoms with E-state index in [9.17, 15) is 10.2 Å². The van der Waals surface area contributed by atoms with Crippen molar-refractivity contribution < 1.29 is 14.9 Å². The predicted molar refractivity (Wildman–Crippen MR) is 95.5 cm³/mol. The minimum Gasteiger partial charge on any atom is -0.394 e. The van der Waals surface area contributed by atoms with Crippen molar-refractivity contribution in [2.24, 2.45) is 0 Å². The summed E-state index contributed by atoms with van der Waals surface area (Å²) >= 11 is 0. The standard InChI is InChI=1S/C21H18O3/c22-11-19-17(23)10-18(24-19)15-8-6-14-5-4-12-2-1-3-13-7-9-16(15)21(14)20(12)13/h1-9,17-19,22-23H,10-11H2. The zero-order chi connectivity index (χ0) is 16.3. The average Bonchev–Trinajstić information content (AvgIpc) is 3.00. The summed E-state index contributed by atoms with van der Waals surface area (Å²) in [6, 6.07) is 19.2. The number of rotatable bonds is 2. The molecule has 5 rings (SSSR count). The first-order valence-electron chi connectivity index (χ1n) is 8.37. The number of ether oxygens (including phenoxy) is 1. The summed E-state index contributed by atoms with van der Waals surface area (Å²) in [4.78, 5) is 0. The van der Waals surface area contributed by atoms with Gasteiger partial charge >= 0.3 is 0 Å². The summed E-state index contributed by atoms with van der Waals surface area (Å²) < 4.78 is 5.90. The molecule has 0 radical (unpaired) electrons. The third-order valence-corrected chi connectivity index (χ3v) is 5.31. The Morgan fingerprint density at radius 1 is 0.875 bits per heavy atom. The van der Waals surface area contributed by atoms with Crippen LogP contribution in [0.4, 0.5) is 0 Å². The van der Waals surface area contributed by atoms with Gasteiger partial charge in [-0.1, -0.05) is 54.6 Å². The van der Waals surface area contributed by atoms with Gasteiger partial charge in [0.05, 0.1) is 18.8 Å². The lowest BCUT2D eigenvalue weighted by Crippen LogP contribution is -2.24. The first-order chi connectivity index (χ1) is 11.8. The molecule has 0 spiro atoms. The topological polar surface area (TPSA) is 49.7 Å². The lowest BCUT2D eigenvalue weighted by Gasteiger charge is -2.18. The van der Waals surface area contributed by atoms with Gasteiger partial charge in [-0.3, -0.25) is 0 Å². The van der Waals surface area contributed by atoms with E-state index in [2.05, 4.69) is 54.6 Å². The van der Waals surface area contributed by atoms with E-state index in [1.807, 2.05) is 0 Å². The summed E-state index contributed by atoms with van der Waals surface area (Å²) in [6.07, 6.45) is -0.760. The van der Waals surface area contributed by atoms with Crippen LogP contribution >= 0.6 is 0 Å². The number of hydrogen-bond acceptors (Lipinski definition) is 3. The largest absolute Gasteiger partial charge is 0.394 e. The van der Waals surface area contributed by atoms with E-state index >= 15 is 0 Å². The maximum absolute atomic E-state index is 10.1. The van der Waals surface area contributed by atoms with Gasteiger partial charge in [-0.25, -0.2) is 0 Å². The smallest absolute Gasteiger partial charge is 0.107 e. The highest BCUT2D eigenvalue weighted by atomic mass is 16.5. The normalized spacial score (nSPS) is 24.5. The molecule has 1 aliphatic rings. The molecule has 1 heterocycles. The van der Waals surface area contributed by atoms with Crippen LogP contribution in [-0.4, -0.2) is 29.0 Å². The highest BCUT2D eigenvalue weighted by Gasteiger charge is 2.35. The second-order valence-electron chi connectivity index (χ2n) is 6.66. The van der Waals surface area contributed by atoms with E-state index in [-0.39, 0.29) is 12.7 Å². The summed E-state index contributed by atoms with van der Waals surface area (Å²) in [7, 11) is 0. The molecule has 0 amide bonds. The number of benzene rings is 4. The van der Waals surface area contributed by atoms with E-state index in [0.717, 1.165) is 5.56 Å². The first kappa shape index (κ1) is 14.2. The molecule has 120 valence electrons. The SMILES string of the molecule is OCC1OC(c2ccc3ccc4cccc5ccc2c3c45)CC1O. The molecular weight excluding hydrogens is 300 g/mol. The highest BCUT2D eigenvalue weighted by molar-refractivity contribution is 6.23. The molecular formula is C21H18O3. The second-order valence-corrected chi connectivity index (χ2v) is 6.66. The zero-order valence-corrected chi connectivity index (χ0v) is 13.1. The molecule has 1 saturated heterocycles. The molecule has 24 heavy (non-hydrogen) atoms. The van der Waals surface area contributed by atoms with Crippen molar-refractivity contribution in [3.63, 3.8) is 0 Å². The maximum atomic E-state index is 10.1. The fraction of sp³-hybridized carbons (Fsp3) is 0.238. The van der Waals surface area contributed by atoms with Crippen molar-refractivity contribution in [1.82, 2.24) is 0 Å². The Kier molecular flexibility index (Phi) is 3.04. The zero-order valence-electron chi connectivity index (χ0n) is 13.1. The molecule has 0 aromatic heterocycles. The van der Waals surface area contributed by atoms with Gasteiger partial charge in [0.25, 0.3) is 0 Å². The average molecular weight is 318 g/mol. The van der Waals surface area contributed by atoms with Crippen LogP contribution in [0, 0.1) is 0 Å². The van der Waals surface area contributed by atoms with Crippen molar-refractivity contribution >= 4 is 32.3 Å². The van der Waals surface area contributed by atoms with Crippen LogP contribution in [0.2, 0.25) is 0 Å². The van der Waals surface area contributed by atoms with E-state index in [1.54, 1.807) is 0 Å². The second kappa shape index (κ2) is 5.15. The fourth-order valence-electron chi connectivity index (χ4n) is 4.13. The van der Waals surface area contributed by atoms with Gasteiger partial charge in [0, 0.05) is 6.42 Å². The maximum Gasteiger partial charge on any atom is 0.107 e. The molecule has 2 N–H and O–H groups in total. The molecule has 4 aromatic carbocycles. The van der Waals surface area contributed by atoms with Crippen LogP contribution in [0.15, 0.2) is 54.6 Å². The van der Waals surface area contributed by atoms with Gasteiger partial charge in [-0.15, -0.1) is 0 Å². The van der Waals surface area contributed by atoms with Gasteiger partial charge in [0.2, 0.25) is 0 Å². The molecule has 1 aliphatic heterocycles. The van der Waals surface area contributed by atoms with Crippen LogP contribution in [-0.2, 0) is 4.74 Å². The van der Waals surface area contributed by atoms with Crippen LogP contribution in [0.3, 0.4) is 0 Å². The minimum absolute atomic E-state index is 0.149. The minimum atomic E-state index is -0.612. The van der Waals surface area contributed by atoms with E-state index in [4.69, 9.17) is 4.74 Å². The van der Waals surface area contributed by atoms with E-state index < -0.39 is 12.2 Å². The van der Waals surface area contributed by atoms with Gasteiger partial charge in [0.15, 0.2) is 0 Å². The van der Waals surface area contributed by atoms with Gasteiger partial charge in [0.1, 0.15) is 6.10 Å². The molecule has 3 heteroatoms. The van der Waals surface area contributed by atoms with Crippen molar-refractivity contribution in [2.45, 2.75) is 24.7 Å². The van der Waals surface area contributed by atoms with Gasteiger partial charge in [-0.2, -0.15) is 0 Å². The molecule has 1 fully saturated rings. The lowest BCUT2D eigenvalue weighted by molar-refractivity contribution is -0.0222. The highest BCUT2D eigenvalue weighted by Crippen LogP contribution is 2.41. The van der Waals surface area contributed by atoms with Crippen molar-refractivity contribution in [2.75, 3.05) is 6.61 Å². The Hall–Kier alpha value is -2.20. The molecule has 3 nitrogen and oxygen atoms in total. The monoisotopic (exact) mass is 318 g/mol. The van der Waals surface area contributed by atoms with Gasteiger partial charge < -0.3 is 14.9 Å². The lowest BCUT2D eigenvalue weighted by atomic mass is 9.90. The van der Waals surface area contributed by atoms with Crippen molar-refractivity contribution in [1.29, 1.82) is 0 Å². The Bertz CT molecular complexity index is 1020. The molecule has 0 aliphatic carbocycles. The summed E-state index contributed by atoms with van der Waals surface area (Å²) in [5, 5.41) is 26.8. The summed E-state index contributed by atoms with van der Waals surface area (Å²) in [6.45, 7) is -0.149. The van der Waals surface area contributed by atoms with Crippen molar-refractivity contribution in [3.8, 4) is 0 Å². The van der Waals surface area contributed by atoms with E-state index in [0.29, 0.717) is 6.42 Å². The number of hydrogen-bond donors (Lipinski definition) is 2. The number of aliphatic hydroxyl groups excluding tert-OH is 2. The summed E-state index contributed by atoms with van der Waals surface area (Å²) in [5.74, 6) is 0. The Balaban J connectivity index is 1.79. The van der Waals surface area contributed by atoms with E-state index in [1.165, 1.54) is 32.3 Å². The molecule has 3 atom stereocenters. The van der Waals surface area contributed by atoms with Crippen molar-refractivity contribution in [3.05, 3.63) is 60.2 Å². The summed E-state index contributed by atoms with van der Waals surface area (Å²) in [5.41, 5.74) is 1.09.